The molecule has 128 valence electrons. The highest BCUT2D eigenvalue weighted by atomic mass is 16.5. The minimum absolute atomic E-state index is 0.0810. The summed E-state index contributed by atoms with van der Waals surface area (Å²) in [6, 6.07) is 0. The van der Waals surface area contributed by atoms with E-state index in [0.29, 0.717) is 30.4 Å². The third-order valence-electron chi connectivity index (χ3n) is 4.49. The van der Waals surface area contributed by atoms with Crippen LogP contribution in [0, 0.1) is 0 Å². The molecule has 2 aromatic heterocycles. The van der Waals surface area contributed by atoms with E-state index in [1.165, 1.54) is 0 Å². The predicted octanol–water partition coefficient (Wildman–Crippen LogP) is 1.76. The fourth-order valence-corrected chi connectivity index (χ4v) is 3.21. The molecule has 0 radical (unpaired) electrons. The molecule has 1 atom stereocenters. The van der Waals surface area contributed by atoms with Crippen molar-refractivity contribution in [2.75, 3.05) is 13.2 Å². The topological polar surface area (TPSA) is 103 Å². The van der Waals surface area contributed by atoms with Crippen LogP contribution in [-0.4, -0.2) is 34.4 Å². The van der Waals surface area contributed by atoms with Gasteiger partial charge in [0.2, 0.25) is 0 Å². The van der Waals surface area contributed by atoms with Crippen molar-refractivity contribution in [2.45, 2.75) is 51.0 Å². The number of aromatic nitrogens is 3. The van der Waals surface area contributed by atoms with Gasteiger partial charge in [0, 0.05) is 31.6 Å². The van der Waals surface area contributed by atoms with Gasteiger partial charge in [-0.05, 0) is 32.1 Å². The Bertz CT molecular complexity index is 717. The van der Waals surface area contributed by atoms with Gasteiger partial charge in [-0.25, -0.2) is 0 Å². The molecule has 4 rings (SSSR count). The molecule has 0 spiro atoms. The van der Waals surface area contributed by atoms with Gasteiger partial charge < -0.3 is 19.1 Å². The van der Waals surface area contributed by atoms with Gasteiger partial charge in [0.15, 0.2) is 11.5 Å². The van der Waals surface area contributed by atoms with Crippen molar-refractivity contribution in [3.8, 4) is 0 Å². The molecule has 0 aromatic carbocycles. The summed E-state index contributed by atoms with van der Waals surface area (Å²) in [5.41, 5.74) is 1.37. The van der Waals surface area contributed by atoms with Crippen LogP contribution in [0.15, 0.2) is 9.05 Å². The maximum atomic E-state index is 12.3. The van der Waals surface area contributed by atoms with Gasteiger partial charge in [0.05, 0.1) is 0 Å². The first kappa shape index (κ1) is 15.3. The summed E-state index contributed by atoms with van der Waals surface area (Å²) >= 11 is 0. The number of aryl methyl sites for hydroxylation is 1. The first-order chi connectivity index (χ1) is 11.8. The molecular weight excluding hydrogens is 312 g/mol. The minimum atomic E-state index is -0.204. The van der Waals surface area contributed by atoms with Crippen molar-refractivity contribution in [2.24, 2.45) is 0 Å². The summed E-state index contributed by atoms with van der Waals surface area (Å²) in [4.78, 5) is 16.6. The van der Waals surface area contributed by atoms with Crippen LogP contribution in [0.1, 0.15) is 65.3 Å². The fraction of sp³-hybridized carbons (Fsp3) is 0.625. The van der Waals surface area contributed by atoms with E-state index in [2.05, 4.69) is 20.6 Å². The van der Waals surface area contributed by atoms with Gasteiger partial charge in [0.25, 0.3) is 11.8 Å². The second-order valence-corrected chi connectivity index (χ2v) is 6.20. The highest BCUT2D eigenvalue weighted by molar-refractivity contribution is 5.93. The fourth-order valence-electron chi connectivity index (χ4n) is 3.21. The first-order valence-electron chi connectivity index (χ1n) is 8.51. The lowest BCUT2D eigenvalue weighted by atomic mass is 9.96. The molecule has 0 unspecified atom stereocenters. The highest BCUT2D eigenvalue weighted by Crippen LogP contribution is 2.27. The molecule has 0 bridgehead atoms. The number of amides is 1. The molecule has 1 aliphatic heterocycles. The Morgan fingerprint density at radius 3 is 2.96 bits per heavy atom. The molecule has 1 saturated heterocycles. The lowest BCUT2D eigenvalue weighted by molar-refractivity contribution is 0.0835. The summed E-state index contributed by atoms with van der Waals surface area (Å²) in [5, 5.41) is 10.7. The van der Waals surface area contributed by atoms with Crippen molar-refractivity contribution < 1.29 is 18.6 Å². The molecule has 8 heteroatoms. The van der Waals surface area contributed by atoms with E-state index in [4.69, 9.17) is 13.8 Å². The maximum absolute atomic E-state index is 12.3. The third kappa shape index (κ3) is 3.06. The SMILES string of the molecule is O=C(NCCc1noc([C@H]2CCCO2)n1)c1noc2c1CCCC2. The van der Waals surface area contributed by atoms with E-state index < -0.39 is 0 Å². The summed E-state index contributed by atoms with van der Waals surface area (Å²) in [6.45, 7) is 1.16. The van der Waals surface area contributed by atoms with E-state index in [1.54, 1.807) is 0 Å². The molecule has 2 aromatic rings. The molecular formula is C16H20N4O4. The van der Waals surface area contributed by atoms with Crippen LogP contribution in [-0.2, 0) is 24.0 Å². The Labute approximate surface area is 138 Å². The van der Waals surface area contributed by atoms with Crippen LogP contribution in [0.2, 0.25) is 0 Å². The first-order valence-corrected chi connectivity index (χ1v) is 8.51. The zero-order valence-electron chi connectivity index (χ0n) is 13.4. The number of ether oxygens (including phenoxy) is 1. The Hall–Kier alpha value is -2.22. The second kappa shape index (κ2) is 6.72. The summed E-state index contributed by atoms with van der Waals surface area (Å²) < 4.78 is 16.0. The van der Waals surface area contributed by atoms with Gasteiger partial charge in [-0.15, -0.1) is 0 Å². The average Bonchev–Trinajstić information content (AvgIpc) is 3.34. The molecule has 24 heavy (non-hydrogen) atoms. The van der Waals surface area contributed by atoms with Crippen LogP contribution >= 0.6 is 0 Å². The van der Waals surface area contributed by atoms with E-state index in [0.717, 1.165) is 56.5 Å². The number of hydrogen-bond acceptors (Lipinski definition) is 7. The van der Waals surface area contributed by atoms with E-state index in [9.17, 15) is 4.79 Å². The largest absolute Gasteiger partial charge is 0.368 e. The number of hydrogen-bond donors (Lipinski definition) is 1. The van der Waals surface area contributed by atoms with Gasteiger partial charge in [-0.1, -0.05) is 10.3 Å². The molecule has 0 saturated carbocycles. The van der Waals surface area contributed by atoms with Crippen LogP contribution < -0.4 is 5.32 Å². The van der Waals surface area contributed by atoms with Crippen molar-refractivity contribution in [1.29, 1.82) is 0 Å². The lowest BCUT2D eigenvalue weighted by Crippen LogP contribution is -2.27. The highest BCUT2D eigenvalue weighted by Gasteiger charge is 2.25. The normalized spacial score (nSPS) is 20.1. The zero-order chi connectivity index (χ0) is 16.4. The molecule has 1 aliphatic carbocycles. The number of nitrogens with one attached hydrogen (secondary N) is 1. The zero-order valence-corrected chi connectivity index (χ0v) is 13.4. The van der Waals surface area contributed by atoms with Crippen LogP contribution in [0.3, 0.4) is 0 Å². The smallest absolute Gasteiger partial charge is 0.273 e. The Morgan fingerprint density at radius 2 is 2.08 bits per heavy atom. The quantitative estimate of drug-likeness (QED) is 0.889. The number of fused-ring (bicyclic) bond motifs is 1. The van der Waals surface area contributed by atoms with Crippen molar-refractivity contribution >= 4 is 5.91 Å². The van der Waals surface area contributed by atoms with Crippen molar-refractivity contribution in [3.63, 3.8) is 0 Å². The Balaban J connectivity index is 1.31. The van der Waals surface area contributed by atoms with Crippen molar-refractivity contribution in [1.82, 2.24) is 20.6 Å². The van der Waals surface area contributed by atoms with Crippen LogP contribution in [0.5, 0.6) is 0 Å². The van der Waals surface area contributed by atoms with E-state index in [1.807, 2.05) is 0 Å². The molecule has 1 fully saturated rings. The second-order valence-electron chi connectivity index (χ2n) is 6.20. The average molecular weight is 332 g/mol. The van der Waals surface area contributed by atoms with E-state index in [-0.39, 0.29) is 12.0 Å². The van der Waals surface area contributed by atoms with Gasteiger partial charge >= 0.3 is 0 Å². The Morgan fingerprint density at radius 1 is 1.17 bits per heavy atom. The number of nitrogens with zero attached hydrogens (tertiary/aromatic N) is 3. The predicted molar refractivity (Wildman–Crippen MR) is 81.4 cm³/mol. The number of carbonyl (C=O) groups excluding carboxylic acids is 1. The lowest BCUT2D eigenvalue weighted by Gasteiger charge is -2.08. The summed E-state index contributed by atoms with van der Waals surface area (Å²) in [5.74, 6) is 1.75. The molecule has 2 aliphatic rings. The van der Waals surface area contributed by atoms with Crippen molar-refractivity contribution in [3.05, 3.63) is 28.7 Å². The molecule has 1 N–H and O–H groups in total. The summed E-state index contributed by atoms with van der Waals surface area (Å²) in [7, 11) is 0. The molecule has 3 heterocycles. The third-order valence-corrected chi connectivity index (χ3v) is 4.49. The molecule has 1 amide bonds. The van der Waals surface area contributed by atoms with Crippen LogP contribution in [0.4, 0.5) is 0 Å². The van der Waals surface area contributed by atoms with Gasteiger partial charge in [-0.3, -0.25) is 4.79 Å². The number of rotatable bonds is 5. The Kier molecular flexibility index (Phi) is 4.29. The monoisotopic (exact) mass is 332 g/mol. The number of carbonyl (C=O) groups is 1. The van der Waals surface area contributed by atoms with E-state index >= 15 is 0 Å². The van der Waals surface area contributed by atoms with Gasteiger partial charge in [-0.2, -0.15) is 4.98 Å². The van der Waals surface area contributed by atoms with Gasteiger partial charge in [0.1, 0.15) is 11.9 Å². The standard InChI is InChI=1S/C16H20N4O4/c21-15(14-10-4-1-2-5-11(10)23-20-14)17-8-7-13-18-16(24-19-13)12-6-3-9-22-12/h12H,1-9H2,(H,17,21)/t12-/m1/s1. The summed E-state index contributed by atoms with van der Waals surface area (Å²) in [6.07, 6.45) is 6.24. The molecule has 8 nitrogen and oxygen atoms in total. The minimum Gasteiger partial charge on any atom is -0.368 e. The van der Waals surface area contributed by atoms with Crippen LogP contribution in [0.25, 0.3) is 0 Å². The maximum Gasteiger partial charge on any atom is 0.273 e.